The summed E-state index contributed by atoms with van der Waals surface area (Å²) in [5.41, 5.74) is 6.37. The zero-order valence-electron chi connectivity index (χ0n) is 14.8. The molecule has 0 saturated heterocycles. The normalized spacial score (nSPS) is 12.3. The molecule has 1 aromatic heterocycles. The van der Waals surface area contributed by atoms with Crippen LogP contribution < -0.4 is 16.0 Å². The Labute approximate surface area is 146 Å². The van der Waals surface area contributed by atoms with Crippen LogP contribution in [0.25, 0.3) is 0 Å². The van der Waals surface area contributed by atoms with Crippen LogP contribution in [0.1, 0.15) is 48.5 Å². The van der Waals surface area contributed by atoms with E-state index in [1.54, 1.807) is 6.92 Å². The first-order chi connectivity index (χ1) is 11.1. The lowest BCUT2D eigenvalue weighted by atomic mass is 10.1. The van der Waals surface area contributed by atoms with Gasteiger partial charge in [0.05, 0.1) is 24.8 Å². The summed E-state index contributed by atoms with van der Waals surface area (Å²) in [6, 6.07) is 2.04. The Bertz CT molecular complexity index is 656. The summed E-state index contributed by atoms with van der Waals surface area (Å²) in [7, 11) is 1.83. The molecule has 24 heavy (non-hydrogen) atoms. The summed E-state index contributed by atoms with van der Waals surface area (Å²) in [6.07, 6.45) is 0. The summed E-state index contributed by atoms with van der Waals surface area (Å²) in [5, 5.41) is 12.5. The van der Waals surface area contributed by atoms with Gasteiger partial charge in [-0.2, -0.15) is 5.26 Å². The minimum atomic E-state index is -0.488. The molecule has 1 aromatic rings. The lowest BCUT2D eigenvalue weighted by molar-refractivity contribution is -0.885. The number of carbonyl (C=O) groups excluding carboxylic acids is 2. The zero-order valence-corrected chi connectivity index (χ0v) is 15.6. The van der Waals surface area contributed by atoms with Gasteiger partial charge < -0.3 is 20.7 Å². The summed E-state index contributed by atoms with van der Waals surface area (Å²) in [4.78, 5) is 25.3. The first kappa shape index (κ1) is 19.9. The van der Waals surface area contributed by atoms with Crippen LogP contribution in [0, 0.1) is 11.3 Å². The predicted octanol–water partition coefficient (Wildman–Crippen LogP) is 0.308. The van der Waals surface area contributed by atoms with Crippen LogP contribution in [0.5, 0.6) is 0 Å². The van der Waals surface area contributed by atoms with Gasteiger partial charge in [0.2, 0.25) is 0 Å². The van der Waals surface area contributed by atoms with Crippen LogP contribution in [-0.4, -0.2) is 37.6 Å². The SMILES string of the molecule is CCOC(=O)c1sc(N)c(C#N)c1C[NH+](C)CC(=O)NC(C)(C)C. The van der Waals surface area contributed by atoms with E-state index >= 15 is 0 Å². The molecular formula is C16H25N4O3S+. The smallest absolute Gasteiger partial charge is 0.348 e. The number of rotatable bonds is 6. The third-order valence-corrected chi connectivity index (χ3v) is 4.10. The largest absolute Gasteiger partial charge is 0.462 e. The van der Waals surface area contributed by atoms with Crippen molar-refractivity contribution in [1.29, 1.82) is 5.26 Å². The van der Waals surface area contributed by atoms with Crippen molar-refractivity contribution in [3.05, 3.63) is 16.0 Å². The number of carbonyl (C=O) groups is 2. The van der Waals surface area contributed by atoms with Crippen molar-refractivity contribution in [2.24, 2.45) is 0 Å². The van der Waals surface area contributed by atoms with E-state index < -0.39 is 5.97 Å². The number of ether oxygens (including phenoxy) is 1. The number of nitrogens with one attached hydrogen (secondary N) is 2. The topological polar surface area (TPSA) is 110 Å². The van der Waals surface area contributed by atoms with E-state index in [9.17, 15) is 14.9 Å². The summed E-state index contributed by atoms with van der Waals surface area (Å²) >= 11 is 1.05. The number of nitrogens with zero attached hydrogens (tertiary/aromatic N) is 1. The van der Waals surface area contributed by atoms with Crippen molar-refractivity contribution in [3.8, 4) is 6.07 Å². The van der Waals surface area contributed by atoms with Gasteiger partial charge in [0, 0.05) is 5.54 Å². The molecule has 4 N–H and O–H groups in total. The number of amides is 1. The number of nitriles is 1. The zero-order chi connectivity index (χ0) is 18.5. The first-order valence-electron chi connectivity index (χ1n) is 7.69. The lowest BCUT2D eigenvalue weighted by Crippen LogP contribution is -3.09. The summed E-state index contributed by atoms with van der Waals surface area (Å²) in [6.45, 7) is 8.25. The molecular weight excluding hydrogens is 328 g/mol. The number of nitrogen functional groups attached to an aromatic ring is 1. The molecule has 1 heterocycles. The van der Waals surface area contributed by atoms with Gasteiger partial charge in [-0.1, -0.05) is 0 Å². The van der Waals surface area contributed by atoms with Gasteiger partial charge in [0.25, 0.3) is 5.91 Å². The first-order valence-corrected chi connectivity index (χ1v) is 8.51. The molecule has 0 aromatic carbocycles. The van der Waals surface area contributed by atoms with Crippen LogP contribution in [0.4, 0.5) is 5.00 Å². The Hall–Kier alpha value is -2.11. The summed E-state index contributed by atoms with van der Waals surface area (Å²) in [5.74, 6) is -0.586. The number of likely N-dealkylation sites (N-methyl/N-ethyl adjacent to an activating group) is 1. The maximum absolute atomic E-state index is 12.1. The molecule has 0 aliphatic rings. The molecule has 0 spiro atoms. The Morgan fingerprint density at radius 3 is 2.54 bits per heavy atom. The fourth-order valence-electron chi connectivity index (χ4n) is 2.24. The van der Waals surface area contributed by atoms with Crippen molar-refractivity contribution in [2.45, 2.75) is 39.8 Å². The van der Waals surface area contributed by atoms with E-state index in [0.717, 1.165) is 16.2 Å². The van der Waals surface area contributed by atoms with Crippen LogP contribution in [0.3, 0.4) is 0 Å². The molecule has 1 unspecified atom stereocenters. The Balaban J connectivity index is 2.95. The molecule has 8 heteroatoms. The highest BCUT2D eigenvalue weighted by atomic mass is 32.1. The van der Waals surface area contributed by atoms with Crippen LogP contribution in [0.15, 0.2) is 0 Å². The summed E-state index contributed by atoms with van der Waals surface area (Å²) < 4.78 is 5.03. The van der Waals surface area contributed by atoms with Gasteiger partial charge >= 0.3 is 5.97 Å². The van der Waals surface area contributed by atoms with Crippen molar-refractivity contribution >= 4 is 28.2 Å². The highest BCUT2D eigenvalue weighted by molar-refractivity contribution is 7.18. The standard InChI is InChI=1S/C16H24N4O3S/c1-6-23-15(22)13-11(10(7-17)14(18)24-13)8-20(5)9-12(21)19-16(2,3)4/h6,8-9,18H2,1-5H3,(H,19,21)/p+1. The molecule has 0 bridgehead atoms. The number of nitrogens with two attached hydrogens (primary N) is 1. The molecule has 1 rings (SSSR count). The second-order valence-electron chi connectivity index (χ2n) is 6.59. The quantitative estimate of drug-likeness (QED) is 0.638. The van der Waals surface area contributed by atoms with E-state index in [2.05, 4.69) is 5.32 Å². The van der Waals surface area contributed by atoms with E-state index in [0.29, 0.717) is 27.5 Å². The highest BCUT2D eigenvalue weighted by Gasteiger charge is 2.26. The number of anilines is 1. The van der Waals surface area contributed by atoms with Crippen LogP contribution >= 0.6 is 11.3 Å². The molecule has 0 fully saturated rings. The number of hydrogen-bond donors (Lipinski definition) is 3. The Morgan fingerprint density at radius 2 is 2.04 bits per heavy atom. The van der Waals surface area contributed by atoms with Gasteiger partial charge in [0.15, 0.2) is 6.54 Å². The van der Waals surface area contributed by atoms with Crippen molar-refractivity contribution in [1.82, 2.24) is 5.32 Å². The van der Waals surface area contributed by atoms with Crippen molar-refractivity contribution in [2.75, 3.05) is 25.9 Å². The lowest BCUT2D eigenvalue weighted by Gasteiger charge is -2.22. The predicted molar refractivity (Wildman–Crippen MR) is 92.8 cm³/mol. The maximum atomic E-state index is 12.1. The maximum Gasteiger partial charge on any atom is 0.348 e. The fraction of sp³-hybridized carbons (Fsp3) is 0.562. The van der Waals surface area contributed by atoms with Crippen LogP contribution in [-0.2, 0) is 16.1 Å². The average molecular weight is 353 g/mol. The fourth-order valence-corrected chi connectivity index (χ4v) is 3.17. The second kappa shape index (κ2) is 8.13. The van der Waals surface area contributed by atoms with Gasteiger partial charge in [-0.05, 0) is 27.7 Å². The molecule has 1 amide bonds. The van der Waals surface area contributed by atoms with Crippen molar-refractivity contribution < 1.29 is 19.2 Å². The third-order valence-electron chi connectivity index (χ3n) is 3.06. The van der Waals surface area contributed by atoms with Crippen LogP contribution in [0.2, 0.25) is 0 Å². The van der Waals surface area contributed by atoms with E-state index in [-0.39, 0.29) is 24.6 Å². The monoisotopic (exact) mass is 353 g/mol. The van der Waals surface area contributed by atoms with Gasteiger partial charge in [-0.3, -0.25) is 4.79 Å². The van der Waals surface area contributed by atoms with Gasteiger partial charge in [-0.25, -0.2) is 4.79 Å². The van der Waals surface area contributed by atoms with E-state index in [4.69, 9.17) is 10.5 Å². The molecule has 0 aliphatic carbocycles. The van der Waals surface area contributed by atoms with Crippen molar-refractivity contribution in [3.63, 3.8) is 0 Å². The second-order valence-corrected chi connectivity index (χ2v) is 7.64. The highest BCUT2D eigenvalue weighted by Crippen LogP contribution is 2.30. The molecule has 0 saturated carbocycles. The van der Waals surface area contributed by atoms with E-state index in [1.165, 1.54) is 0 Å². The van der Waals surface area contributed by atoms with E-state index in [1.807, 2.05) is 33.9 Å². The molecule has 1 atom stereocenters. The van der Waals surface area contributed by atoms with Gasteiger partial charge in [-0.15, -0.1) is 11.3 Å². The average Bonchev–Trinajstić information content (AvgIpc) is 2.72. The number of hydrogen-bond acceptors (Lipinski definition) is 6. The Kier molecular flexibility index (Phi) is 6.75. The minimum absolute atomic E-state index is 0.0978. The molecule has 132 valence electrons. The minimum Gasteiger partial charge on any atom is -0.462 e. The molecule has 7 nitrogen and oxygen atoms in total. The number of quaternary nitrogens is 1. The molecule has 0 aliphatic heterocycles. The Morgan fingerprint density at radius 1 is 1.42 bits per heavy atom. The van der Waals surface area contributed by atoms with Gasteiger partial charge in [0.1, 0.15) is 22.5 Å². The molecule has 0 radical (unpaired) electrons. The number of esters is 1. The number of thiophene rings is 1. The third kappa shape index (κ3) is 5.51.